The van der Waals surface area contributed by atoms with E-state index in [1.807, 2.05) is 55.4 Å². The van der Waals surface area contributed by atoms with Gasteiger partial charge < -0.3 is 9.64 Å². The minimum Gasteiger partial charge on any atom is -0.494 e. The van der Waals surface area contributed by atoms with Gasteiger partial charge in [0.15, 0.2) is 5.13 Å². The number of para-hydroxylation sites is 1. The fraction of sp³-hybridized carbons (Fsp3) is 0.364. The van der Waals surface area contributed by atoms with Crippen LogP contribution in [0.25, 0.3) is 10.2 Å². The van der Waals surface area contributed by atoms with Gasteiger partial charge >= 0.3 is 0 Å². The Bertz CT molecular complexity index is 928. The lowest BCUT2D eigenvalue weighted by Crippen LogP contribution is -2.36. The maximum Gasteiger partial charge on any atom is 0.228 e. The highest BCUT2D eigenvalue weighted by Crippen LogP contribution is 2.34. The van der Waals surface area contributed by atoms with E-state index in [-0.39, 0.29) is 5.91 Å². The zero-order chi connectivity index (χ0) is 20.6. The first-order valence-corrected chi connectivity index (χ1v) is 11.4. The van der Waals surface area contributed by atoms with Crippen molar-refractivity contribution in [3.63, 3.8) is 0 Å². The second-order valence-corrected chi connectivity index (χ2v) is 9.09. The molecule has 1 aromatic heterocycles. The Morgan fingerprint density at radius 1 is 1.10 bits per heavy atom. The molecule has 0 saturated carbocycles. The lowest BCUT2D eigenvalue weighted by Gasteiger charge is -2.22. The van der Waals surface area contributed by atoms with Gasteiger partial charge in [0, 0.05) is 24.4 Å². The van der Waals surface area contributed by atoms with Crippen LogP contribution in [0.15, 0.2) is 53.4 Å². The molecule has 154 valence electrons. The first-order valence-electron chi connectivity index (χ1n) is 9.65. The molecule has 0 bridgehead atoms. The van der Waals surface area contributed by atoms with Gasteiger partial charge in [-0.25, -0.2) is 4.98 Å². The summed E-state index contributed by atoms with van der Waals surface area (Å²) in [7, 11) is 5.67. The number of hydrogen-bond donors (Lipinski definition) is 0. The Balaban J connectivity index is 1.68. The number of carbonyl (C=O) groups excluding carboxylic acids is 1. The third-order valence-electron chi connectivity index (χ3n) is 4.44. The van der Waals surface area contributed by atoms with Crippen LogP contribution in [0.1, 0.15) is 12.8 Å². The number of methoxy groups -OCH3 is 1. The molecule has 0 aliphatic carbocycles. The number of rotatable bonds is 10. The molecular formula is C22H27N3O2S2. The number of anilines is 1. The van der Waals surface area contributed by atoms with Gasteiger partial charge in [0.25, 0.3) is 0 Å². The predicted octanol–water partition coefficient (Wildman–Crippen LogP) is 4.77. The molecule has 0 fully saturated rings. The number of benzene rings is 2. The summed E-state index contributed by atoms with van der Waals surface area (Å²) in [5, 5.41) is 0.743. The van der Waals surface area contributed by atoms with Gasteiger partial charge in [-0.2, -0.15) is 0 Å². The molecule has 0 N–H and O–H groups in total. The second kappa shape index (κ2) is 10.6. The molecular weight excluding hydrogens is 402 g/mol. The number of aromatic nitrogens is 1. The van der Waals surface area contributed by atoms with Crippen molar-refractivity contribution in [1.82, 2.24) is 9.88 Å². The molecule has 3 rings (SSSR count). The van der Waals surface area contributed by atoms with Gasteiger partial charge in [-0.15, -0.1) is 11.8 Å². The molecule has 3 aromatic rings. The van der Waals surface area contributed by atoms with E-state index in [4.69, 9.17) is 9.72 Å². The summed E-state index contributed by atoms with van der Waals surface area (Å²) >= 11 is 3.33. The molecule has 29 heavy (non-hydrogen) atoms. The smallest absolute Gasteiger partial charge is 0.228 e. The largest absolute Gasteiger partial charge is 0.494 e. The van der Waals surface area contributed by atoms with Crippen molar-refractivity contribution in [1.29, 1.82) is 0 Å². The number of carbonyl (C=O) groups is 1. The lowest BCUT2D eigenvalue weighted by atomic mass is 10.3. The number of ether oxygens (including phenoxy) is 1. The number of thiazole rings is 1. The lowest BCUT2D eigenvalue weighted by molar-refractivity contribution is -0.118. The van der Waals surface area contributed by atoms with Crippen LogP contribution < -0.4 is 9.64 Å². The van der Waals surface area contributed by atoms with E-state index >= 15 is 0 Å². The molecule has 1 amide bonds. The Morgan fingerprint density at radius 3 is 2.62 bits per heavy atom. The Kier molecular flexibility index (Phi) is 7.91. The number of thioether (sulfide) groups is 1. The molecule has 0 spiro atoms. The highest BCUT2D eigenvalue weighted by Gasteiger charge is 2.20. The maximum atomic E-state index is 13.0. The molecule has 5 nitrogen and oxygen atoms in total. The second-order valence-electron chi connectivity index (χ2n) is 6.92. The van der Waals surface area contributed by atoms with Crippen LogP contribution >= 0.6 is 23.1 Å². The molecule has 0 aliphatic heterocycles. The normalized spacial score (nSPS) is 11.2. The average Bonchev–Trinajstić information content (AvgIpc) is 3.15. The minimum atomic E-state index is 0.124. The maximum absolute atomic E-state index is 13.0. The van der Waals surface area contributed by atoms with Gasteiger partial charge in [-0.1, -0.05) is 35.6 Å². The Morgan fingerprint density at radius 2 is 1.90 bits per heavy atom. The summed E-state index contributed by atoms with van der Waals surface area (Å²) < 4.78 is 6.46. The first-order chi connectivity index (χ1) is 14.1. The van der Waals surface area contributed by atoms with Gasteiger partial charge in [0.2, 0.25) is 5.91 Å². The standard InChI is InChI=1S/C22H27N3O2S2/c1-24(2)14-15-25(20(26)13-8-16-28-17-9-5-4-6-10-17)22-23-21-18(27-3)11-7-12-19(21)29-22/h4-7,9-12H,8,13-16H2,1-3H3. The Labute approximate surface area is 180 Å². The molecule has 0 atom stereocenters. The van der Waals surface area contributed by atoms with Crippen molar-refractivity contribution in [3.05, 3.63) is 48.5 Å². The monoisotopic (exact) mass is 429 g/mol. The van der Waals surface area contributed by atoms with Crippen molar-refractivity contribution in [2.75, 3.05) is 44.9 Å². The molecule has 1 heterocycles. The van der Waals surface area contributed by atoms with E-state index in [1.165, 1.54) is 4.90 Å². The van der Waals surface area contributed by atoms with Crippen molar-refractivity contribution < 1.29 is 9.53 Å². The number of likely N-dealkylation sites (N-methyl/N-ethyl adjacent to an activating group) is 1. The third-order valence-corrected chi connectivity index (χ3v) is 6.58. The fourth-order valence-corrected chi connectivity index (χ4v) is 4.78. The van der Waals surface area contributed by atoms with Gasteiger partial charge in [0.05, 0.1) is 11.8 Å². The van der Waals surface area contributed by atoms with Crippen molar-refractivity contribution in [3.8, 4) is 5.75 Å². The summed E-state index contributed by atoms with van der Waals surface area (Å²) in [5.74, 6) is 1.79. The Hall–Kier alpha value is -2.09. The van der Waals surface area contributed by atoms with Crippen LogP contribution in [-0.2, 0) is 4.79 Å². The molecule has 0 saturated heterocycles. The van der Waals surface area contributed by atoms with Crippen molar-refractivity contribution in [2.24, 2.45) is 0 Å². The van der Waals surface area contributed by atoms with Crippen LogP contribution in [0, 0.1) is 0 Å². The highest BCUT2D eigenvalue weighted by molar-refractivity contribution is 7.99. The zero-order valence-corrected chi connectivity index (χ0v) is 18.8. The van der Waals surface area contributed by atoms with Crippen LogP contribution in [0.5, 0.6) is 5.75 Å². The summed E-state index contributed by atoms with van der Waals surface area (Å²) in [4.78, 5) is 22.9. The highest BCUT2D eigenvalue weighted by atomic mass is 32.2. The van der Waals surface area contributed by atoms with Crippen molar-refractivity contribution >= 4 is 44.4 Å². The predicted molar refractivity (Wildman–Crippen MR) is 123 cm³/mol. The van der Waals surface area contributed by atoms with Crippen molar-refractivity contribution in [2.45, 2.75) is 17.7 Å². The zero-order valence-electron chi connectivity index (χ0n) is 17.1. The van der Waals surface area contributed by atoms with E-state index in [0.717, 1.165) is 39.8 Å². The molecule has 7 heteroatoms. The average molecular weight is 430 g/mol. The van der Waals surface area contributed by atoms with E-state index in [1.54, 1.807) is 30.2 Å². The third kappa shape index (κ3) is 5.95. The van der Waals surface area contributed by atoms with E-state index in [0.29, 0.717) is 13.0 Å². The van der Waals surface area contributed by atoms with Gasteiger partial charge in [0.1, 0.15) is 11.3 Å². The first kappa shape index (κ1) is 21.6. The molecule has 0 unspecified atom stereocenters. The van der Waals surface area contributed by atoms with Gasteiger partial charge in [-0.3, -0.25) is 9.69 Å². The van der Waals surface area contributed by atoms with E-state index in [2.05, 4.69) is 17.0 Å². The number of fused-ring (bicyclic) bond motifs is 1. The molecule has 0 radical (unpaired) electrons. The number of hydrogen-bond acceptors (Lipinski definition) is 6. The summed E-state index contributed by atoms with van der Waals surface area (Å²) in [5.41, 5.74) is 0.817. The summed E-state index contributed by atoms with van der Waals surface area (Å²) in [6.07, 6.45) is 1.35. The van der Waals surface area contributed by atoms with Crippen LogP contribution in [0.4, 0.5) is 5.13 Å². The van der Waals surface area contributed by atoms with E-state index in [9.17, 15) is 4.79 Å². The van der Waals surface area contributed by atoms with Crippen LogP contribution in [0.3, 0.4) is 0 Å². The number of amides is 1. The van der Waals surface area contributed by atoms with Crippen LogP contribution in [-0.4, -0.2) is 55.8 Å². The summed E-state index contributed by atoms with van der Waals surface area (Å²) in [6.45, 7) is 1.41. The van der Waals surface area contributed by atoms with E-state index < -0.39 is 0 Å². The topological polar surface area (TPSA) is 45.7 Å². The minimum absolute atomic E-state index is 0.124. The molecule has 2 aromatic carbocycles. The number of nitrogens with zero attached hydrogens (tertiary/aromatic N) is 3. The molecule has 0 aliphatic rings. The summed E-state index contributed by atoms with van der Waals surface area (Å²) in [6, 6.07) is 16.2. The fourth-order valence-electron chi connectivity index (χ4n) is 2.88. The van der Waals surface area contributed by atoms with Gasteiger partial charge in [-0.05, 0) is 50.5 Å². The SMILES string of the molecule is COc1cccc2sc(N(CCN(C)C)C(=O)CCCSc3ccccc3)nc12. The quantitative estimate of drug-likeness (QED) is 0.343. The van der Waals surface area contributed by atoms with Crippen LogP contribution in [0.2, 0.25) is 0 Å².